The molecule has 6 heteroatoms. The molecule has 1 aromatic heterocycles. The van der Waals surface area contributed by atoms with Crippen molar-refractivity contribution < 1.29 is 14.3 Å². The third-order valence-corrected chi connectivity index (χ3v) is 3.74. The number of nitrogens with one attached hydrogen (secondary N) is 2. The number of carbonyl (C=O) groups excluding carboxylic acids is 2. The van der Waals surface area contributed by atoms with Crippen LogP contribution >= 0.6 is 0 Å². The number of aryl methyl sites for hydroxylation is 1. The molecule has 2 rings (SSSR count). The van der Waals surface area contributed by atoms with Crippen molar-refractivity contribution in [2.75, 3.05) is 0 Å². The van der Waals surface area contributed by atoms with Gasteiger partial charge in [0.15, 0.2) is 6.10 Å². The molecule has 2 aromatic rings. The van der Waals surface area contributed by atoms with Crippen LogP contribution in [0.5, 0.6) is 5.75 Å². The number of hydrazine groups is 1. The molecule has 0 fully saturated rings. The van der Waals surface area contributed by atoms with Gasteiger partial charge in [-0.2, -0.15) is 0 Å². The van der Waals surface area contributed by atoms with Crippen LogP contribution in [-0.4, -0.2) is 22.9 Å². The molecule has 1 aromatic carbocycles. The van der Waals surface area contributed by atoms with Gasteiger partial charge < -0.3 is 4.74 Å². The van der Waals surface area contributed by atoms with Gasteiger partial charge in [-0.25, -0.2) is 0 Å². The van der Waals surface area contributed by atoms with Crippen molar-refractivity contribution in [2.45, 2.75) is 39.7 Å². The zero-order chi connectivity index (χ0) is 18.4. The molecular weight excluding hydrogens is 318 g/mol. The van der Waals surface area contributed by atoms with Gasteiger partial charge in [0.05, 0.1) is 0 Å². The van der Waals surface area contributed by atoms with Crippen LogP contribution in [0.2, 0.25) is 0 Å². The second kappa shape index (κ2) is 8.28. The molecule has 0 saturated heterocycles. The smallest absolute Gasteiger partial charge is 0.288 e. The van der Waals surface area contributed by atoms with E-state index < -0.39 is 17.9 Å². The second-order valence-corrected chi connectivity index (χ2v) is 6.09. The van der Waals surface area contributed by atoms with Crippen molar-refractivity contribution in [3.63, 3.8) is 0 Å². The Morgan fingerprint density at radius 3 is 2.44 bits per heavy atom. The molecule has 0 aliphatic carbocycles. The maximum Gasteiger partial charge on any atom is 0.288 e. The lowest BCUT2D eigenvalue weighted by Crippen LogP contribution is -2.47. The maximum absolute atomic E-state index is 12.1. The summed E-state index contributed by atoms with van der Waals surface area (Å²) in [5, 5.41) is 0. The maximum atomic E-state index is 12.1. The Morgan fingerprint density at radius 1 is 1.08 bits per heavy atom. The molecule has 2 N–H and O–H groups in total. The molecule has 0 saturated carbocycles. The number of pyridine rings is 1. The largest absolute Gasteiger partial charge is 0.481 e. The van der Waals surface area contributed by atoms with Gasteiger partial charge in [-0.1, -0.05) is 26.0 Å². The minimum atomic E-state index is -0.756. The monoisotopic (exact) mass is 341 g/mol. The normalized spacial score (nSPS) is 11.7. The zero-order valence-corrected chi connectivity index (χ0v) is 14.9. The highest BCUT2D eigenvalue weighted by atomic mass is 16.5. The number of benzene rings is 1. The van der Waals surface area contributed by atoms with Crippen LogP contribution in [0, 0.1) is 6.92 Å². The molecular formula is C19H23N3O3. The number of carbonyl (C=O) groups is 2. The molecule has 0 bridgehead atoms. The minimum absolute atomic E-state index is 0.219. The van der Waals surface area contributed by atoms with E-state index in [2.05, 4.69) is 29.7 Å². The first-order valence-corrected chi connectivity index (χ1v) is 8.17. The van der Waals surface area contributed by atoms with Crippen molar-refractivity contribution in [3.8, 4) is 5.75 Å². The molecule has 0 aliphatic heterocycles. The standard InChI is InChI=1S/C19H23N3O3/c1-12(2)16-9-8-15(11-13(16)3)25-14(4)18(23)21-22-19(24)17-7-5-6-10-20-17/h5-12,14H,1-4H3,(H,21,23)(H,22,24)/t14-/m1/s1. The minimum Gasteiger partial charge on any atom is -0.481 e. The van der Waals surface area contributed by atoms with Gasteiger partial charge >= 0.3 is 0 Å². The lowest BCUT2D eigenvalue weighted by molar-refractivity contribution is -0.128. The number of amides is 2. The summed E-state index contributed by atoms with van der Waals surface area (Å²) in [5.41, 5.74) is 7.24. The van der Waals surface area contributed by atoms with E-state index >= 15 is 0 Å². The fraction of sp³-hybridized carbons (Fsp3) is 0.316. The van der Waals surface area contributed by atoms with E-state index in [0.29, 0.717) is 11.7 Å². The first kappa shape index (κ1) is 18.4. The summed E-state index contributed by atoms with van der Waals surface area (Å²) in [5.74, 6) is 0.102. The molecule has 6 nitrogen and oxygen atoms in total. The Balaban J connectivity index is 1.90. The number of hydrogen-bond donors (Lipinski definition) is 2. The predicted octanol–water partition coefficient (Wildman–Crippen LogP) is 2.74. The summed E-state index contributed by atoms with van der Waals surface area (Å²) in [4.78, 5) is 27.8. The Bertz CT molecular complexity index is 745. The summed E-state index contributed by atoms with van der Waals surface area (Å²) in [6.45, 7) is 7.89. The van der Waals surface area contributed by atoms with Gasteiger partial charge in [0.25, 0.3) is 11.8 Å². The van der Waals surface area contributed by atoms with Crippen LogP contribution in [0.25, 0.3) is 0 Å². The van der Waals surface area contributed by atoms with Crippen LogP contribution in [0.3, 0.4) is 0 Å². The zero-order valence-electron chi connectivity index (χ0n) is 14.9. The van der Waals surface area contributed by atoms with E-state index in [9.17, 15) is 9.59 Å². The van der Waals surface area contributed by atoms with E-state index in [1.54, 1.807) is 25.1 Å². The Morgan fingerprint density at radius 2 is 1.84 bits per heavy atom. The van der Waals surface area contributed by atoms with Crippen molar-refractivity contribution in [2.24, 2.45) is 0 Å². The number of rotatable bonds is 5. The van der Waals surface area contributed by atoms with Gasteiger partial charge in [-0.05, 0) is 55.2 Å². The van der Waals surface area contributed by atoms with Crippen molar-refractivity contribution in [1.29, 1.82) is 0 Å². The first-order valence-electron chi connectivity index (χ1n) is 8.17. The van der Waals surface area contributed by atoms with Crippen LogP contribution in [0.1, 0.15) is 48.3 Å². The van der Waals surface area contributed by atoms with E-state index in [-0.39, 0.29) is 5.69 Å². The van der Waals surface area contributed by atoms with Crippen molar-refractivity contribution in [3.05, 3.63) is 59.4 Å². The van der Waals surface area contributed by atoms with E-state index in [1.807, 2.05) is 25.1 Å². The lowest BCUT2D eigenvalue weighted by Gasteiger charge is -2.17. The lowest BCUT2D eigenvalue weighted by atomic mass is 9.98. The quantitative estimate of drug-likeness (QED) is 0.820. The average Bonchev–Trinajstić information content (AvgIpc) is 2.59. The van der Waals surface area contributed by atoms with Crippen LogP contribution < -0.4 is 15.6 Å². The molecule has 0 aliphatic rings. The van der Waals surface area contributed by atoms with Crippen LogP contribution in [0.4, 0.5) is 0 Å². The van der Waals surface area contributed by atoms with Crippen molar-refractivity contribution >= 4 is 11.8 Å². The first-order chi connectivity index (χ1) is 11.9. The van der Waals surface area contributed by atoms with Gasteiger partial charge in [0.2, 0.25) is 0 Å². The molecule has 2 amide bonds. The molecule has 0 spiro atoms. The number of aromatic nitrogens is 1. The molecule has 0 radical (unpaired) electrons. The molecule has 1 heterocycles. The Kier molecular flexibility index (Phi) is 6.11. The van der Waals surface area contributed by atoms with E-state index in [0.717, 1.165) is 5.56 Å². The SMILES string of the molecule is Cc1cc(O[C@H](C)C(=O)NNC(=O)c2ccccn2)ccc1C(C)C. The summed E-state index contributed by atoms with van der Waals surface area (Å²) in [6.07, 6.45) is 0.749. The second-order valence-electron chi connectivity index (χ2n) is 6.09. The molecule has 0 unspecified atom stereocenters. The molecule has 1 atom stereocenters. The Hall–Kier alpha value is -2.89. The fourth-order valence-electron chi connectivity index (χ4n) is 2.41. The number of nitrogens with zero attached hydrogens (tertiary/aromatic N) is 1. The highest BCUT2D eigenvalue weighted by Gasteiger charge is 2.16. The van der Waals surface area contributed by atoms with Crippen LogP contribution in [0.15, 0.2) is 42.6 Å². The number of ether oxygens (including phenoxy) is 1. The van der Waals surface area contributed by atoms with Crippen molar-refractivity contribution in [1.82, 2.24) is 15.8 Å². The Labute approximate surface area is 147 Å². The van der Waals surface area contributed by atoms with Gasteiger partial charge in [0.1, 0.15) is 11.4 Å². The summed E-state index contributed by atoms with van der Waals surface area (Å²) in [7, 11) is 0. The van der Waals surface area contributed by atoms with Gasteiger partial charge in [0, 0.05) is 6.20 Å². The third-order valence-electron chi connectivity index (χ3n) is 3.74. The summed E-state index contributed by atoms with van der Waals surface area (Å²) < 4.78 is 5.65. The van der Waals surface area contributed by atoms with E-state index in [1.165, 1.54) is 11.8 Å². The van der Waals surface area contributed by atoms with Gasteiger partial charge in [-0.15, -0.1) is 0 Å². The summed E-state index contributed by atoms with van der Waals surface area (Å²) in [6, 6.07) is 10.7. The summed E-state index contributed by atoms with van der Waals surface area (Å²) >= 11 is 0. The topological polar surface area (TPSA) is 80.3 Å². The van der Waals surface area contributed by atoms with Crippen LogP contribution in [-0.2, 0) is 4.79 Å². The highest BCUT2D eigenvalue weighted by molar-refractivity contribution is 5.94. The molecule has 25 heavy (non-hydrogen) atoms. The van der Waals surface area contributed by atoms with E-state index in [4.69, 9.17) is 4.74 Å². The third kappa shape index (κ3) is 5.04. The highest BCUT2D eigenvalue weighted by Crippen LogP contribution is 2.24. The average molecular weight is 341 g/mol. The number of hydrogen-bond acceptors (Lipinski definition) is 4. The fourth-order valence-corrected chi connectivity index (χ4v) is 2.41. The predicted molar refractivity (Wildman–Crippen MR) is 95.2 cm³/mol. The molecule has 132 valence electrons. The van der Waals surface area contributed by atoms with Gasteiger partial charge in [-0.3, -0.25) is 25.4 Å².